The highest BCUT2D eigenvalue weighted by Gasteiger charge is 2.06. The van der Waals surface area contributed by atoms with Crippen LogP contribution in [0, 0.1) is 10.1 Å². The van der Waals surface area contributed by atoms with E-state index in [-0.39, 0.29) is 12.2 Å². The number of oxime groups is 1. The first-order valence-corrected chi connectivity index (χ1v) is 3.85. The van der Waals surface area contributed by atoms with Crippen molar-refractivity contribution in [1.29, 1.82) is 0 Å². The lowest BCUT2D eigenvalue weighted by atomic mass is 10.1. The third-order valence-corrected chi connectivity index (χ3v) is 1.73. The maximum atomic E-state index is 10.3. The van der Waals surface area contributed by atoms with Crippen molar-refractivity contribution in [3.8, 4) is 0 Å². The molecule has 0 heterocycles. The van der Waals surface area contributed by atoms with E-state index in [1.165, 1.54) is 24.3 Å². The van der Waals surface area contributed by atoms with Crippen molar-refractivity contribution in [3.05, 3.63) is 39.9 Å². The zero-order chi connectivity index (χ0) is 10.6. The number of hydrogen-bond donors (Lipinski definition) is 2. The average molecular weight is 195 g/mol. The van der Waals surface area contributed by atoms with E-state index in [0.717, 1.165) is 0 Å². The van der Waals surface area contributed by atoms with Gasteiger partial charge in [0.2, 0.25) is 0 Å². The number of non-ortho nitro benzene ring substituents is 1. The number of hydrogen-bond acceptors (Lipinski definition) is 5. The molecule has 0 atom stereocenters. The van der Waals surface area contributed by atoms with Gasteiger partial charge < -0.3 is 10.9 Å². The minimum atomic E-state index is -0.498. The lowest BCUT2D eigenvalue weighted by Crippen LogP contribution is -2.14. The summed E-state index contributed by atoms with van der Waals surface area (Å²) in [7, 11) is 0. The number of nitrogens with zero attached hydrogens (tertiary/aromatic N) is 2. The molecule has 0 saturated heterocycles. The van der Waals surface area contributed by atoms with Crippen LogP contribution in [0.5, 0.6) is 0 Å². The summed E-state index contributed by atoms with van der Waals surface area (Å²) in [5.74, 6) is 0. The van der Waals surface area contributed by atoms with Crippen LogP contribution in [-0.4, -0.2) is 22.4 Å². The molecular weight excluding hydrogens is 186 g/mol. The standard InChI is InChI=1S/C8H9N3O3/c9-5-8(10-12)6-1-3-7(4-2-6)11(13)14/h1-4,12H,5,9H2/b10-8-. The Hall–Kier alpha value is -1.95. The summed E-state index contributed by atoms with van der Waals surface area (Å²) in [6.45, 7) is 0.0777. The number of rotatable bonds is 3. The average Bonchev–Trinajstić information content (AvgIpc) is 2.20. The van der Waals surface area contributed by atoms with Crippen LogP contribution >= 0.6 is 0 Å². The molecule has 0 aliphatic carbocycles. The molecule has 1 aromatic carbocycles. The molecule has 1 aromatic rings. The van der Waals surface area contributed by atoms with Crippen molar-refractivity contribution in [1.82, 2.24) is 0 Å². The molecule has 6 nitrogen and oxygen atoms in total. The van der Waals surface area contributed by atoms with Gasteiger partial charge in [-0.25, -0.2) is 0 Å². The maximum Gasteiger partial charge on any atom is 0.269 e. The Morgan fingerprint density at radius 2 is 2.07 bits per heavy atom. The first-order valence-electron chi connectivity index (χ1n) is 3.85. The molecule has 0 fully saturated rings. The molecule has 74 valence electrons. The zero-order valence-corrected chi connectivity index (χ0v) is 7.25. The van der Waals surface area contributed by atoms with Gasteiger partial charge in [-0.15, -0.1) is 0 Å². The molecule has 0 radical (unpaired) electrons. The fourth-order valence-corrected chi connectivity index (χ4v) is 0.992. The van der Waals surface area contributed by atoms with Gasteiger partial charge in [0.05, 0.1) is 4.92 Å². The number of nitro benzene ring substituents is 1. The van der Waals surface area contributed by atoms with Crippen LogP contribution in [-0.2, 0) is 0 Å². The molecule has 0 aliphatic rings. The molecule has 0 unspecified atom stereocenters. The van der Waals surface area contributed by atoms with Crippen molar-refractivity contribution in [2.75, 3.05) is 6.54 Å². The fourth-order valence-electron chi connectivity index (χ4n) is 0.992. The molecule has 0 aromatic heterocycles. The lowest BCUT2D eigenvalue weighted by Gasteiger charge is -1.99. The largest absolute Gasteiger partial charge is 0.411 e. The van der Waals surface area contributed by atoms with E-state index in [9.17, 15) is 10.1 Å². The maximum absolute atomic E-state index is 10.3. The Balaban J connectivity index is 2.99. The molecule has 0 bridgehead atoms. The number of nitrogens with two attached hydrogens (primary N) is 1. The van der Waals surface area contributed by atoms with Gasteiger partial charge in [-0.3, -0.25) is 10.1 Å². The van der Waals surface area contributed by atoms with E-state index in [2.05, 4.69) is 5.16 Å². The Kier molecular flexibility index (Phi) is 3.14. The third-order valence-electron chi connectivity index (χ3n) is 1.73. The van der Waals surface area contributed by atoms with Gasteiger partial charge in [0.25, 0.3) is 5.69 Å². The zero-order valence-electron chi connectivity index (χ0n) is 7.25. The highest BCUT2D eigenvalue weighted by Crippen LogP contribution is 2.12. The molecule has 1 rings (SSSR count). The second kappa shape index (κ2) is 4.33. The smallest absolute Gasteiger partial charge is 0.269 e. The normalized spacial score (nSPS) is 11.4. The van der Waals surface area contributed by atoms with E-state index >= 15 is 0 Å². The van der Waals surface area contributed by atoms with Crippen molar-refractivity contribution in [2.45, 2.75) is 0 Å². The van der Waals surface area contributed by atoms with Gasteiger partial charge in [0, 0.05) is 24.2 Å². The first-order chi connectivity index (χ1) is 6.69. The van der Waals surface area contributed by atoms with Gasteiger partial charge in [0.15, 0.2) is 0 Å². The molecule has 0 spiro atoms. The SMILES string of the molecule is NC/C(=N/O)c1ccc([N+](=O)[O-])cc1. The second-order valence-electron chi connectivity index (χ2n) is 2.55. The Morgan fingerprint density at radius 1 is 1.50 bits per heavy atom. The van der Waals surface area contributed by atoms with Gasteiger partial charge in [-0.1, -0.05) is 5.16 Å². The highest BCUT2D eigenvalue weighted by molar-refractivity contribution is 6.01. The van der Waals surface area contributed by atoms with Crippen LogP contribution in [0.3, 0.4) is 0 Å². The summed E-state index contributed by atoms with van der Waals surface area (Å²) in [6, 6.07) is 5.63. The fraction of sp³-hybridized carbons (Fsp3) is 0.125. The third kappa shape index (κ3) is 2.05. The lowest BCUT2D eigenvalue weighted by molar-refractivity contribution is -0.384. The van der Waals surface area contributed by atoms with Crippen molar-refractivity contribution >= 4 is 11.4 Å². The molecule has 14 heavy (non-hydrogen) atoms. The van der Waals surface area contributed by atoms with Crippen LogP contribution in [0.25, 0.3) is 0 Å². The minimum absolute atomic E-state index is 0.0111. The molecule has 0 aliphatic heterocycles. The molecular formula is C8H9N3O3. The van der Waals surface area contributed by atoms with Gasteiger partial charge >= 0.3 is 0 Å². The molecule has 0 amide bonds. The molecule has 0 saturated carbocycles. The Labute approximate surface area is 79.8 Å². The van der Waals surface area contributed by atoms with E-state index in [1.54, 1.807) is 0 Å². The van der Waals surface area contributed by atoms with Crippen LogP contribution in [0.15, 0.2) is 29.4 Å². The van der Waals surface area contributed by atoms with Crippen molar-refractivity contribution < 1.29 is 10.1 Å². The quantitative estimate of drug-likeness (QED) is 0.321. The molecule has 3 N–H and O–H groups in total. The van der Waals surface area contributed by atoms with E-state index in [4.69, 9.17) is 10.9 Å². The van der Waals surface area contributed by atoms with Gasteiger partial charge in [-0.2, -0.15) is 0 Å². The van der Waals surface area contributed by atoms with Crippen LogP contribution in [0.4, 0.5) is 5.69 Å². The summed E-state index contributed by atoms with van der Waals surface area (Å²) < 4.78 is 0. The molecule has 6 heteroatoms. The van der Waals surface area contributed by atoms with Crippen LogP contribution in [0.2, 0.25) is 0 Å². The summed E-state index contributed by atoms with van der Waals surface area (Å²) in [5.41, 5.74) is 6.14. The second-order valence-corrected chi connectivity index (χ2v) is 2.55. The van der Waals surface area contributed by atoms with E-state index in [0.29, 0.717) is 11.3 Å². The number of benzene rings is 1. The summed E-state index contributed by atoms with van der Waals surface area (Å²) >= 11 is 0. The van der Waals surface area contributed by atoms with Gasteiger partial charge in [-0.05, 0) is 12.1 Å². The van der Waals surface area contributed by atoms with Gasteiger partial charge in [0.1, 0.15) is 5.71 Å². The first kappa shape index (κ1) is 10.1. The Bertz CT molecular complexity index is 359. The van der Waals surface area contributed by atoms with Crippen LogP contribution < -0.4 is 5.73 Å². The predicted molar refractivity (Wildman–Crippen MR) is 50.5 cm³/mol. The summed E-state index contributed by atoms with van der Waals surface area (Å²) in [6.07, 6.45) is 0. The van der Waals surface area contributed by atoms with E-state index < -0.39 is 4.92 Å². The minimum Gasteiger partial charge on any atom is -0.411 e. The van der Waals surface area contributed by atoms with Crippen molar-refractivity contribution in [3.63, 3.8) is 0 Å². The predicted octanol–water partition coefficient (Wildman–Crippen LogP) is 0.732. The summed E-state index contributed by atoms with van der Waals surface area (Å²) in [4.78, 5) is 9.82. The highest BCUT2D eigenvalue weighted by atomic mass is 16.6. The topological polar surface area (TPSA) is 102 Å². The monoisotopic (exact) mass is 195 g/mol. The Morgan fingerprint density at radius 3 is 2.43 bits per heavy atom. The van der Waals surface area contributed by atoms with Crippen LogP contribution in [0.1, 0.15) is 5.56 Å². The number of nitro groups is 1. The summed E-state index contributed by atoms with van der Waals surface area (Å²) in [5, 5.41) is 21.8. The van der Waals surface area contributed by atoms with Crippen molar-refractivity contribution in [2.24, 2.45) is 10.9 Å². The van der Waals surface area contributed by atoms with E-state index in [1.807, 2.05) is 0 Å².